The van der Waals surface area contributed by atoms with Crippen LogP contribution in [0.5, 0.6) is 0 Å². The molecular formula is C17H26N4O. The molecule has 5 heteroatoms. The predicted octanol–water partition coefficient (Wildman–Crippen LogP) is 0.865. The van der Waals surface area contributed by atoms with Gasteiger partial charge < -0.3 is 15.1 Å². The van der Waals surface area contributed by atoms with Gasteiger partial charge in [-0.3, -0.25) is 9.69 Å². The van der Waals surface area contributed by atoms with Gasteiger partial charge in [-0.15, -0.1) is 0 Å². The molecule has 0 aromatic heterocycles. The van der Waals surface area contributed by atoms with Crippen LogP contribution in [0.4, 0.5) is 5.69 Å². The van der Waals surface area contributed by atoms with Crippen molar-refractivity contribution in [1.29, 1.82) is 0 Å². The number of nitrogens with zero attached hydrogens (tertiary/aromatic N) is 3. The summed E-state index contributed by atoms with van der Waals surface area (Å²) in [6, 6.07) is 8.79. The van der Waals surface area contributed by atoms with Crippen molar-refractivity contribution < 1.29 is 4.79 Å². The molecular weight excluding hydrogens is 276 g/mol. The number of likely N-dealkylation sites (tertiary alicyclic amines) is 1. The van der Waals surface area contributed by atoms with Gasteiger partial charge in [-0.1, -0.05) is 18.2 Å². The van der Waals surface area contributed by atoms with Crippen molar-refractivity contribution in [2.75, 3.05) is 58.2 Å². The molecule has 5 nitrogen and oxygen atoms in total. The molecule has 0 aliphatic carbocycles. The molecule has 2 heterocycles. The van der Waals surface area contributed by atoms with Crippen LogP contribution in [0, 0.1) is 6.92 Å². The van der Waals surface area contributed by atoms with E-state index in [1.807, 2.05) is 23.1 Å². The van der Waals surface area contributed by atoms with Crippen LogP contribution in [0.1, 0.15) is 5.56 Å². The van der Waals surface area contributed by atoms with Crippen molar-refractivity contribution in [3.8, 4) is 0 Å². The van der Waals surface area contributed by atoms with Crippen LogP contribution in [-0.2, 0) is 4.79 Å². The van der Waals surface area contributed by atoms with E-state index in [0.29, 0.717) is 12.6 Å². The Bertz CT molecular complexity index is 519. The lowest BCUT2D eigenvalue weighted by Crippen LogP contribution is -2.62. The highest BCUT2D eigenvalue weighted by atomic mass is 16.2. The molecule has 1 aromatic carbocycles. The van der Waals surface area contributed by atoms with Gasteiger partial charge in [0.15, 0.2) is 0 Å². The quantitative estimate of drug-likeness (QED) is 0.896. The number of piperazine rings is 1. The fraction of sp³-hybridized carbons (Fsp3) is 0.588. The molecule has 2 aliphatic rings. The summed E-state index contributed by atoms with van der Waals surface area (Å²) in [6.45, 7) is 8.51. The summed E-state index contributed by atoms with van der Waals surface area (Å²) in [6.07, 6.45) is 0. The molecule has 0 atom stereocenters. The fourth-order valence-corrected chi connectivity index (χ4v) is 3.29. The first-order valence-electron chi connectivity index (χ1n) is 8.13. The van der Waals surface area contributed by atoms with Crippen LogP contribution >= 0.6 is 0 Å². The highest BCUT2D eigenvalue weighted by molar-refractivity contribution is 5.81. The number of aryl methyl sites for hydroxylation is 1. The second kappa shape index (κ2) is 6.67. The van der Waals surface area contributed by atoms with Gasteiger partial charge in [0.25, 0.3) is 0 Å². The number of nitrogens with one attached hydrogen (secondary N) is 1. The number of para-hydroxylation sites is 1. The van der Waals surface area contributed by atoms with E-state index >= 15 is 0 Å². The Morgan fingerprint density at radius 2 is 1.86 bits per heavy atom. The molecule has 0 spiro atoms. The van der Waals surface area contributed by atoms with Crippen LogP contribution in [0.3, 0.4) is 0 Å². The molecule has 0 unspecified atom stereocenters. The van der Waals surface area contributed by atoms with Gasteiger partial charge in [0.1, 0.15) is 0 Å². The van der Waals surface area contributed by atoms with Gasteiger partial charge in [0.2, 0.25) is 5.91 Å². The third kappa shape index (κ3) is 3.42. The van der Waals surface area contributed by atoms with Gasteiger partial charge in [0.05, 0.1) is 6.54 Å². The number of carbonyl (C=O) groups is 1. The largest absolute Gasteiger partial charge is 0.376 e. The SMILES string of the molecule is Cc1ccccc1NCC(=O)N1CCN(C2CN(C)C2)CC1. The summed E-state index contributed by atoms with van der Waals surface area (Å²) in [5.74, 6) is 0.202. The average Bonchev–Trinajstić information content (AvgIpc) is 2.51. The van der Waals surface area contributed by atoms with E-state index < -0.39 is 0 Å². The second-order valence-electron chi connectivity index (χ2n) is 6.46. The first kappa shape index (κ1) is 15.3. The molecule has 1 aromatic rings. The number of anilines is 1. The zero-order valence-electron chi connectivity index (χ0n) is 13.6. The summed E-state index contributed by atoms with van der Waals surface area (Å²) < 4.78 is 0. The van der Waals surface area contributed by atoms with E-state index in [4.69, 9.17) is 0 Å². The second-order valence-corrected chi connectivity index (χ2v) is 6.46. The molecule has 120 valence electrons. The van der Waals surface area contributed by atoms with Gasteiger partial charge in [0, 0.05) is 51.0 Å². The highest BCUT2D eigenvalue weighted by Gasteiger charge is 2.32. The monoisotopic (exact) mass is 302 g/mol. The Balaban J connectivity index is 1.43. The van der Waals surface area contributed by atoms with E-state index in [0.717, 1.165) is 31.9 Å². The fourth-order valence-electron chi connectivity index (χ4n) is 3.29. The van der Waals surface area contributed by atoms with Crippen molar-refractivity contribution in [1.82, 2.24) is 14.7 Å². The number of rotatable bonds is 4. The van der Waals surface area contributed by atoms with E-state index in [2.05, 4.69) is 35.2 Å². The summed E-state index contributed by atoms with van der Waals surface area (Å²) in [4.78, 5) is 19.2. The number of benzene rings is 1. The lowest BCUT2D eigenvalue weighted by Gasteiger charge is -2.46. The third-order valence-electron chi connectivity index (χ3n) is 4.80. The predicted molar refractivity (Wildman–Crippen MR) is 89.1 cm³/mol. The minimum absolute atomic E-state index is 0.202. The Morgan fingerprint density at radius 3 is 2.50 bits per heavy atom. The molecule has 2 aliphatic heterocycles. The van der Waals surface area contributed by atoms with Crippen LogP contribution in [0.2, 0.25) is 0 Å². The van der Waals surface area contributed by atoms with Crippen molar-refractivity contribution in [3.05, 3.63) is 29.8 Å². The smallest absolute Gasteiger partial charge is 0.241 e. The minimum atomic E-state index is 0.202. The Hall–Kier alpha value is -1.59. The first-order chi connectivity index (χ1) is 10.6. The molecule has 0 bridgehead atoms. The average molecular weight is 302 g/mol. The van der Waals surface area contributed by atoms with E-state index in [-0.39, 0.29) is 5.91 Å². The number of likely N-dealkylation sites (N-methyl/N-ethyl adjacent to an activating group) is 1. The first-order valence-corrected chi connectivity index (χ1v) is 8.13. The maximum Gasteiger partial charge on any atom is 0.241 e. The number of amides is 1. The van der Waals surface area contributed by atoms with E-state index in [9.17, 15) is 4.79 Å². The minimum Gasteiger partial charge on any atom is -0.376 e. The van der Waals surface area contributed by atoms with Gasteiger partial charge in [-0.25, -0.2) is 0 Å². The molecule has 1 amide bonds. The third-order valence-corrected chi connectivity index (χ3v) is 4.80. The van der Waals surface area contributed by atoms with Crippen molar-refractivity contribution in [2.45, 2.75) is 13.0 Å². The summed E-state index contributed by atoms with van der Waals surface area (Å²) in [5.41, 5.74) is 2.22. The topological polar surface area (TPSA) is 38.8 Å². The standard InChI is InChI=1S/C17H26N4O/c1-14-5-3-4-6-16(14)18-11-17(22)21-9-7-20(8-10-21)15-12-19(2)13-15/h3-6,15,18H,7-13H2,1-2H3. The van der Waals surface area contributed by atoms with Crippen molar-refractivity contribution in [2.24, 2.45) is 0 Å². The Morgan fingerprint density at radius 1 is 1.18 bits per heavy atom. The lowest BCUT2D eigenvalue weighted by atomic mass is 10.1. The summed E-state index contributed by atoms with van der Waals surface area (Å²) in [7, 11) is 2.16. The van der Waals surface area contributed by atoms with Crippen molar-refractivity contribution in [3.63, 3.8) is 0 Å². The molecule has 22 heavy (non-hydrogen) atoms. The Labute approximate surface area is 132 Å². The summed E-state index contributed by atoms with van der Waals surface area (Å²) >= 11 is 0. The van der Waals surface area contributed by atoms with Gasteiger partial charge in [-0.2, -0.15) is 0 Å². The number of hydrogen-bond acceptors (Lipinski definition) is 4. The number of carbonyl (C=O) groups excluding carboxylic acids is 1. The van der Waals surface area contributed by atoms with Crippen LogP contribution < -0.4 is 5.32 Å². The molecule has 1 N–H and O–H groups in total. The summed E-state index contributed by atoms with van der Waals surface area (Å²) in [5, 5.41) is 3.26. The number of hydrogen-bond donors (Lipinski definition) is 1. The molecule has 0 radical (unpaired) electrons. The van der Waals surface area contributed by atoms with Crippen LogP contribution in [-0.4, -0.2) is 79.5 Å². The van der Waals surface area contributed by atoms with Crippen LogP contribution in [0.25, 0.3) is 0 Å². The zero-order valence-corrected chi connectivity index (χ0v) is 13.6. The molecule has 0 saturated carbocycles. The molecule has 2 fully saturated rings. The Kier molecular flexibility index (Phi) is 4.64. The van der Waals surface area contributed by atoms with Gasteiger partial charge >= 0.3 is 0 Å². The molecule has 3 rings (SSSR count). The molecule has 2 saturated heterocycles. The maximum absolute atomic E-state index is 12.3. The van der Waals surface area contributed by atoms with E-state index in [1.54, 1.807) is 0 Å². The normalized spacial score (nSPS) is 20.7. The van der Waals surface area contributed by atoms with Gasteiger partial charge in [-0.05, 0) is 25.6 Å². The highest BCUT2D eigenvalue weighted by Crippen LogP contribution is 2.16. The van der Waals surface area contributed by atoms with Crippen LogP contribution in [0.15, 0.2) is 24.3 Å². The lowest BCUT2D eigenvalue weighted by molar-refractivity contribution is -0.131. The van der Waals surface area contributed by atoms with Crippen molar-refractivity contribution >= 4 is 11.6 Å². The van der Waals surface area contributed by atoms with E-state index in [1.165, 1.54) is 18.7 Å². The maximum atomic E-state index is 12.3. The zero-order chi connectivity index (χ0) is 15.5.